The average molecular weight is 250 g/mol. The summed E-state index contributed by atoms with van der Waals surface area (Å²) in [6.07, 6.45) is 0. The van der Waals surface area contributed by atoms with Gasteiger partial charge in [-0.1, -0.05) is 0 Å². The largest absolute Gasteiger partial charge is 0.494 e. The molecule has 0 atom stereocenters. The Balaban J connectivity index is 2.00. The molecule has 0 bridgehead atoms. The van der Waals surface area contributed by atoms with Crippen LogP contribution < -0.4 is 15.9 Å². The molecule has 3 N–H and O–H groups in total. The molecule has 5 heteroatoms. The summed E-state index contributed by atoms with van der Waals surface area (Å²) >= 11 is 0. The van der Waals surface area contributed by atoms with Crippen molar-refractivity contribution in [2.75, 3.05) is 51.0 Å². The molecule has 0 aromatic heterocycles. The van der Waals surface area contributed by atoms with E-state index in [2.05, 4.69) is 22.4 Å². The molecule has 0 unspecified atom stereocenters. The molecule has 0 aliphatic carbocycles. The minimum Gasteiger partial charge on any atom is -0.494 e. The maximum atomic E-state index is 5.87. The fourth-order valence-corrected chi connectivity index (χ4v) is 2.04. The van der Waals surface area contributed by atoms with Gasteiger partial charge in [0.1, 0.15) is 5.75 Å². The third-order valence-corrected chi connectivity index (χ3v) is 3.03. The van der Waals surface area contributed by atoms with Crippen molar-refractivity contribution in [3.8, 4) is 5.75 Å². The van der Waals surface area contributed by atoms with Gasteiger partial charge in [-0.25, -0.2) is 5.01 Å². The van der Waals surface area contributed by atoms with Crippen LogP contribution in [0.2, 0.25) is 0 Å². The van der Waals surface area contributed by atoms with Crippen molar-refractivity contribution in [3.05, 3.63) is 18.2 Å². The number of nitrogens with two attached hydrogens (primary N) is 1. The summed E-state index contributed by atoms with van der Waals surface area (Å²) in [5.74, 6) is 0.814. The molecule has 1 saturated heterocycles. The molecule has 1 aromatic rings. The number of piperazine rings is 1. The summed E-state index contributed by atoms with van der Waals surface area (Å²) in [5.41, 5.74) is 11.0. The second kappa shape index (κ2) is 5.93. The molecule has 2 rings (SSSR count). The fraction of sp³-hybridized carbons (Fsp3) is 0.538. The molecular weight excluding hydrogens is 228 g/mol. The Morgan fingerprint density at radius 3 is 2.61 bits per heavy atom. The van der Waals surface area contributed by atoms with Gasteiger partial charge >= 0.3 is 0 Å². The van der Waals surface area contributed by atoms with Crippen LogP contribution in [0, 0.1) is 0 Å². The Bertz CT molecular complexity index is 389. The normalized spacial score (nSPS) is 17.7. The first-order chi connectivity index (χ1) is 8.67. The van der Waals surface area contributed by atoms with Crippen LogP contribution in [0.15, 0.2) is 18.2 Å². The fourth-order valence-electron chi connectivity index (χ4n) is 2.04. The quantitative estimate of drug-likeness (QED) is 0.788. The van der Waals surface area contributed by atoms with Gasteiger partial charge in [0.2, 0.25) is 0 Å². The molecule has 5 nitrogen and oxygen atoms in total. The Kier molecular flexibility index (Phi) is 4.28. The summed E-state index contributed by atoms with van der Waals surface area (Å²) in [4.78, 5) is 2.32. The van der Waals surface area contributed by atoms with E-state index in [1.54, 1.807) is 0 Å². The van der Waals surface area contributed by atoms with Crippen molar-refractivity contribution in [2.45, 2.75) is 6.92 Å². The van der Waals surface area contributed by atoms with Crippen LogP contribution in [0.3, 0.4) is 0 Å². The SMILES string of the molecule is CCOc1cc(N)cc(NN2CCN(C)CC2)c1. The molecule has 1 fully saturated rings. The van der Waals surface area contributed by atoms with Gasteiger partial charge < -0.3 is 20.8 Å². The third-order valence-electron chi connectivity index (χ3n) is 3.03. The topological polar surface area (TPSA) is 53.8 Å². The van der Waals surface area contributed by atoms with Crippen molar-refractivity contribution in [2.24, 2.45) is 0 Å². The van der Waals surface area contributed by atoms with Crippen LogP contribution in [-0.2, 0) is 0 Å². The summed E-state index contributed by atoms with van der Waals surface area (Å²) in [6, 6.07) is 5.76. The lowest BCUT2D eigenvalue weighted by Crippen LogP contribution is -2.46. The number of anilines is 2. The zero-order valence-corrected chi connectivity index (χ0v) is 11.1. The van der Waals surface area contributed by atoms with E-state index < -0.39 is 0 Å². The summed E-state index contributed by atoms with van der Waals surface area (Å²) < 4.78 is 5.49. The van der Waals surface area contributed by atoms with Crippen LogP contribution in [0.1, 0.15) is 6.92 Å². The summed E-state index contributed by atoms with van der Waals surface area (Å²) in [5, 5.41) is 2.21. The monoisotopic (exact) mass is 250 g/mol. The van der Waals surface area contributed by atoms with Gasteiger partial charge in [-0.05, 0) is 20.0 Å². The minimum atomic E-state index is 0.650. The minimum absolute atomic E-state index is 0.650. The van der Waals surface area contributed by atoms with Gasteiger partial charge in [0, 0.05) is 44.0 Å². The highest BCUT2D eigenvalue weighted by molar-refractivity contribution is 5.58. The predicted octanol–water partition coefficient (Wildman–Crippen LogP) is 1.24. The third kappa shape index (κ3) is 3.51. The smallest absolute Gasteiger partial charge is 0.123 e. The Morgan fingerprint density at radius 2 is 1.94 bits per heavy atom. The zero-order valence-electron chi connectivity index (χ0n) is 11.1. The van der Waals surface area contributed by atoms with E-state index in [1.807, 2.05) is 25.1 Å². The van der Waals surface area contributed by atoms with Gasteiger partial charge in [0.25, 0.3) is 0 Å². The number of likely N-dealkylation sites (N-methyl/N-ethyl adjacent to an activating group) is 1. The highest BCUT2D eigenvalue weighted by atomic mass is 16.5. The van der Waals surface area contributed by atoms with E-state index in [1.165, 1.54) is 0 Å². The molecule has 100 valence electrons. The lowest BCUT2D eigenvalue weighted by atomic mass is 10.2. The first kappa shape index (κ1) is 13.0. The second-order valence-electron chi connectivity index (χ2n) is 4.63. The van der Waals surface area contributed by atoms with Gasteiger partial charge in [0.05, 0.1) is 12.3 Å². The first-order valence-electron chi connectivity index (χ1n) is 6.41. The van der Waals surface area contributed by atoms with Crippen LogP contribution in [0.4, 0.5) is 11.4 Å². The van der Waals surface area contributed by atoms with E-state index in [9.17, 15) is 0 Å². The highest BCUT2D eigenvalue weighted by Gasteiger charge is 2.13. The molecule has 1 heterocycles. The van der Waals surface area contributed by atoms with Crippen molar-refractivity contribution < 1.29 is 4.74 Å². The van der Waals surface area contributed by atoms with E-state index in [0.717, 1.165) is 43.3 Å². The Labute approximate surface area is 108 Å². The molecule has 0 spiro atoms. The predicted molar refractivity (Wildman–Crippen MR) is 74.7 cm³/mol. The number of hydrogen-bond acceptors (Lipinski definition) is 5. The summed E-state index contributed by atoms with van der Waals surface area (Å²) in [7, 11) is 2.14. The molecule has 0 radical (unpaired) electrons. The van der Waals surface area contributed by atoms with Gasteiger partial charge in [0.15, 0.2) is 0 Å². The number of nitrogens with zero attached hydrogens (tertiary/aromatic N) is 2. The van der Waals surface area contributed by atoms with Crippen LogP contribution in [-0.4, -0.2) is 49.7 Å². The van der Waals surface area contributed by atoms with Crippen molar-refractivity contribution in [1.82, 2.24) is 9.91 Å². The van der Waals surface area contributed by atoms with Crippen LogP contribution in [0.25, 0.3) is 0 Å². The van der Waals surface area contributed by atoms with Gasteiger partial charge in [-0.15, -0.1) is 0 Å². The van der Waals surface area contributed by atoms with E-state index in [-0.39, 0.29) is 0 Å². The first-order valence-corrected chi connectivity index (χ1v) is 6.41. The number of hydrazine groups is 1. The molecule has 0 amide bonds. The van der Waals surface area contributed by atoms with Crippen molar-refractivity contribution >= 4 is 11.4 Å². The zero-order chi connectivity index (χ0) is 13.0. The van der Waals surface area contributed by atoms with E-state index >= 15 is 0 Å². The van der Waals surface area contributed by atoms with Crippen molar-refractivity contribution in [3.63, 3.8) is 0 Å². The van der Waals surface area contributed by atoms with E-state index in [0.29, 0.717) is 6.61 Å². The Hall–Kier alpha value is -1.46. The summed E-state index contributed by atoms with van der Waals surface area (Å²) in [6.45, 7) is 6.79. The second-order valence-corrected chi connectivity index (χ2v) is 4.63. The van der Waals surface area contributed by atoms with Crippen LogP contribution in [0.5, 0.6) is 5.75 Å². The van der Waals surface area contributed by atoms with Crippen LogP contribution >= 0.6 is 0 Å². The number of ether oxygens (including phenoxy) is 1. The lowest BCUT2D eigenvalue weighted by molar-refractivity contribution is 0.179. The van der Waals surface area contributed by atoms with Crippen molar-refractivity contribution in [1.29, 1.82) is 0 Å². The molecular formula is C13H22N4O. The average Bonchev–Trinajstić information content (AvgIpc) is 2.32. The molecule has 0 saturated carbocycles. The lowest BCUT2D eigenvalue weighted by Gasteiger charge is -2.33. The molecule has 1 aliphatic rings. The van der Waals surface area contributed by atoms with Gasteiger partial charge in [-0.3, -0.25) is 0 Å². The van der Waals surface area contributed by atoms with E-state index in [4.69, 9.17) is 10.5 Å². The number of benzene rings is 1. The highest BCUT2D eigenvalue weighted by Crippen LogP contribution is 2.23. The number of hydrogen-bond donors (Lipinski definition) is 2. The van der Waals surface area contributed by atoms with Gasteiger partial charge in [-0.2, -0.15) is 0 Å². The number of nitrogen functional groups attached to an aromatic ring is 1. The number of nitrogens with one attached hydrogen (secondary N) is 1. The number of rotatable bonds is 4. The Morgan fingerprint density at radius 1 is 1.22 bits per heavy atom. The standard InChI is InChI=1S/C13H22N4O/c1-3-18-13-9-11(14)8-12(10-13)15-17-6-4-16(2)5-7-17/h8-10,15H,3-7,14H2,1-2H3. The maximum absolute atomic E-state index is 5.87. The molecule has 1 aromatic carbocycles. The molecule has 18 heavy (non-hydrogen) atoms. The maximum Gasteiger partial charge on any atom is 0.123 e. The molecule has 1 aliphatic heterocycles.